The largest absolute Gasteiger partial charge is 0.459 e. The van der Waals surface area contributed by atoms with Crippen molar-refractivity contribution in [2.45, 2.75) is 39.2 Å². The summed E-state index contributed by atoms with van der Waals surface area (Å²) in [6.45, 7) is 4.52. The molecule has 0 heterocycles. The molecule has 1 aromatic rings. The molecule has 19 heavy (non-hydrogen) atoms. The zero-order valence-corrected chi connectivity index (χ0v) is 12.0. The number of carbonyl (C=O) groups excluding carboxylic acids is 1. The fourth-order valence-electron chi connectivity index (χ4n) is 2.70. The Labute approximate surface area is 115 Å². The highest BCUT2D eigenvalue weighted by molar-refractivity contribution is 5.95. The second-order valence-electron chi connectivity index (χ2n) is 5.59. The van der Waals surface area contributed by atoms with Gasteiger partial charge in [0, 0.05) is 12.7 Å². The minimum atomic E-state index is -0.211. The molecule has 0 spiro atoms. The minimum Gasteiger partial charge on any atom is -0.459 e. The predicted molar refractivity (Wildman–Crippen MR) is 77.4 cm³/mol. The van der Waals surface area contributed by atoms with Crippen LogP contribution in [0.3, 0.4) is 0 Å². The van der Waals surface area contributed by atoms with E-state index in [9.17, 15) is 4.79 Å². The minimum absolute atomic E-state index is 0.0728. The predicted octanol–water partition coefficient (Wildman–Crippen LogP) is 3.71. The lowest BCUT2D eigenvalue weighted by Crippen LogP contribution is -2.28. The Morgan fingerprint density at radius 2 is 1.95 bits per heavy atom. The summed E-state index contributed by atoms with van der Waals surface area (Å²) in [5.74, 6) is 1.15. The van der Waals surface area contributed by atoms with Crippen LogP contribution in [0.15, 0.2) is 24.3 Å². The lowest BCUT2D eigenvalue weighted by molar-refractivity contribution is 0.00889. The van der Waals surface area contributed by atoms with Gasteiger partial charge in [0.2, 0.25) is 0 Å². The van der Waals surface area contributed by atoms with Crippen LogP contribution in [0.5, 0.6) is 0 Å². The zero-order chi connectivity index (χ0) is 13.8. The monoisotopic (exact) mass is 261 g/mol. The van der Waals surface area contributed by atoms with Gasteiger partial charge in [0.1, 0.15) is 6.10 Å². The van der Waals surface area contributed by atoms with Gasteiger partial charge in [-0.2, -0.15) is 0 Å². The molecule has 3 nitrogen and oxygen atoms in total. The molecular formula is C16H23NO2. The number of esters is 1. The molecule has 1 aromatic carbocycles. The molecular weight excluding hydrogens is 238 g/mol. The Morgan fingerprint density at radius 1 is 1.21 bits per heavy atom. The van der Waals surface area contributed by atoms with Crippen molar-refractivity contribution >= 4 is 11.7 Å². The lowest BCUT2D eigenvalue weighted by atomic mass is 9.80. The van der Waals surface area contributed by atoms with E-state index in [1.807, 2.05) is 31.3 Å². The maximum absolute atomic E-state index is 12.2. The van der Waals surface area contributed by atoms with E-state index in [0.717, 1.165) is 30.9 Å². The fourth-order valence-corrected chi connectivity index (χ4v) is 2.70. The van der Waals surface area contributed by atoms with Crippen LogP contribution in [0.4, 0.5) is 5.69 Å². The van der Waals surface area contributed by atoms with E-state index < -0.39 is 0 Å². The smallest absolute Gasteiger partial charge is 0.340 e. The summed E-state index contributed by atoms with van der Waals surface area (Å²) >= 11 is 0. The summed E-state index contributed by atoms with van der Waals surface area (Å²) in [4.78, 5) is 12.2. The maximum Gasteiger partial charge on any atom is 0.340 e. The number of para-hydroxylation sites is 1. The summed E-state index contributed by atoms with van der Waals surface area (Å²) < 4.78 is 5.66. The quantitative estimate of drug-likeness (QED) is 0.843. The van der Waals surface area contributed by atoms with Gasteiger partial charge >= 0.3 is 5.97 Å². The normalized spacial score (nSPS) is 26.8. The Kier molecular flexibility index (Phi) is 4.46. The van der Waals surface area contributed by atoms with Crippen LogP contribution in [0.2, 0.25) is 0 Å². The van der Waals surface area contributed by atoms with Crippen LogP contribution in [0, 0.1) is 11.8 Å². The highest BCUT2D eigenvalue weighted by Gasteiger charge is 2.27. The first-order valence-electron chi connectivity index (χ1n) is 7.09. The van der Waals surface area contributed by atoms with Crippen LogP contribution >= 0.6 is 0 Å². The van der Waals surface area contributed by atoms with Crippen LogP contribution in [0.1, 0.15) is 43.5 Å². The molecule has 104 valence electrons. The third-order valence-corrected chi connectivity index (χ3v) is 4.24. The molecule has 1 fully saturated rings. The first-order valence-corrected chi connectivity index (χ1v) is 7.09. The number of nitrogens with one attached hydrogen (secondary N) is 1. The first-order chi connectivity index (χ1) is 9.11. The second-order valence-corrected chi connectivity index (χ2v) is 5.59. The number of carbonyl (C=O) groups is 1. The van der Waals surface area contributed by atoms with E-state index in [-0.39, 0.29) is 12.1 Å². The third kappa shape index (κ3) is 3.28. The number of ether oxygens (including phenoxy) is 1. The number of hydrogen-bond donors (Lipinski definition) is 1. The van der Waals surface area contributed by atoms with Gasteiger partial charge in [-0.3, -0.25) is 0 Å². The van der Waals surface area contributed by atoms with Crippen LogP contribution in [-0.2, 0) is 4.74 Å². The Balaban J connectivity index is 2.01. The number of anilines is 1. The van der Waals surface area contributed by atoms with Gasteiger partial charge < -0.3 is 10.1 Å². The Bertz CT molecular complexity index is 444. The first kappa shape index (κ1) is 13.9. The summed E-state index contributed by atoms with van der Waals surface area (Å²) in [5, 5.41) is 3.03. The van der Waals surface area contributed by atoms with E-state index in [0.29, 0.717) is 11.5 Å². The molecule has 1 aliphatic rings. The molecule has 0 bridgehead atoms. The van der Waals surface area contributed by atoms with Gasteiger partial charge in [-0.15, -0.1) is 0 Å². The van der Waals surface area contributed by atoms with Gasteiger partial charge in [0.15, 0.2) is 0 Å². The van der Waals surface area contributed by atoms with E-state index in [4.69, 9.17) is 4.74 Å². The SMILES string of the molecule is CNc1ccccc1C(=O)OC1CCC(C)C(C)C1. The van der Waals surface area contributed by atoms with Gasteiger partial charge in [-0.1, -0.05) is 26.0 Å². The summed E-state index contributed by atoms with van der Waals surface area (Å²) in [6, 6.07) is 7.47. The van der Waals surface area contributed by atoms with Crippen molar-refractivity contribution < 1.29 is 9.53 Å². The van der Waals surface area contributed by atoms with Crippen molar-refractivity contribution in [2.24, 2.45) is 11.8 Å². The van der Waals surface area contributed by atoms with Crippen LogP contribution < -0.4 is 5.32 Å². The molecule has 1 aliphatic carbocycles. The molecule has 0 aromatic heterocycles. The van der Waals surface area contributed by atoms with Gasteiger partial charge in [0.05, 0.1) is 5.56 Å². The van der Waals surface area contributed by atoms with Gasteiger partial charge in [-0.25, -0.2) is 4.79 Å². The van der Waals surface area contributed by atoms with Crippen LogP contribution in [-0.4, -0.2) is 19.1 Å². The molecule has 1 saturated carbocycles. The number of benzene rings is 1. The Hall–Kier alpha value is -1.51. The molecule has 0 aliphatic heterocycles. The highest BCUT2D eigenvalue weighted by atomic mass is 16.5. The average Bonchev–Trinajstić information content (AvgIpc) is 2.43. The molecule has 3 atom stereocenters. The number of hydrogen-bond acceptors (Lipinski definition) is 3. The van der Waals surface area contributed by atoms with Crippen molar-refractivity contribution in [1.29, 1.82) is 0 Å². The van der Waals surface area contributed by atoms with Crippen molar-refractivity contribution in [3.05, 3.63) is 29.8 Å². The van der Waals surface area contributed by atoms with Crippen molar-refractivity contribution in [3.63, 3.8) is 0 Å². The second kappa shape index (κ2) is 6.09. The van der Waals surface area contributed by atoms with E-state index in [2.05, 4.69) is 19.2 Å². The molecule has 0 radical (unpaired) electrons. The van der Waals surface area contributed by atoms with E-state index >= 15 is 0 Å². The van der Waals surface area contributed by atoms with E-state index in [1.54, 1.807) is 0 Å². The topological polar surface area (TPSA) is 38.3 Å². The van der Waals surface area contributed by atoms with Crippen molar-refractivity contribution in [1.82, 2.24) is 0 Å². The van der Waals surface area contributed by atoms with Crippen molar-refractivity contribution in [3.8, 4) is 0 Å². The highest BCUT2D eigenvalue weighted by Crippen LogP contribution is 2.31. The molecule has 3 unspecified atom stereocenters. The average molecular weight is 261 g/mol. The van der Waals surface area contributed by atoms with Gasteiger partial charge in [0.25, 0.3) is 0 Å². The molecule has 3 heteroatoms. The van der Waals surface area contributed by atoms with Gasteiger partial charge in [-0.05, 0) is 43.2 Å². The molecule has 2 rings (SSSR count). The Morgan fingerprint density at radius 3 is 2.63 bits per heavy atom. The number of rotatable bonds is 3. The summed E-state index contributed by atoms with van der Waals surface area (Å²) in [5.41, 5.74) is 1.45. The standard InChI is InChI=1S/C16H23NO2/c1-11-8-9-13(10-12(11)2)19-16(18)14-6-4-5-7-15(14)17-3/h4-7,11-13,17H,8-10H2,1-3H3. The summed E-state index contributed by atoms with van der Waals surface area (Å²) in [6.07, 6.45) is 3.18. The maximum atomic E-state index is 12.2. The summed E-state index contributed by atoms with van der Waals surface area (Å²) in [7, 11) is 1.82. The third-order valence-electron chi connectivity index (χ3n) is 4.24. The zero-order valence-electron chi connectivity index (χ0n) is 12.0. The van der Waals surface area contributed by atoms with Crippen LogP contribution in [0.25, 0.3) is 0 Å². The fraction of sp³-hybridized carbons (Fsp3) is 0.562. The van der Waals surface area contributed by atoms with Crippen molar-refractivity contribution in [2.75, 3.05) is 12.4 Å². The lowest BCUT2D eigenvalue weighted by Gasteiger charge is -2.31. The molecule has 0 saturated heterocycles. The molecule has 0 amide bonds. The van der Waals surface area contributed by atoms with E-state index in [1.165, 1.54) is 0 Å². The molecule has 1 N–H and O–H groups in total.